The molecule has 5 rings (SSSR count). The van der Waals surface area contributed by atoms with Gasteiger partial charge in [0.1, 0.15) is 0 Å². The largest absolute Gasteiger partial charge is 0.389 e. The Labute approximate surface area is 204 Å². The van der Waals surface area contributed by atoms with Crippen molar-refractivity contribution in [1.82, 2.24) is 4.57 Å². The van der Waals surface area contributed by atoms with Crippen LogP contribution in [0.25, 0.3) is 21.8 Å². The molecule has 1 aliphatic heterocycles. The maximum Gasteiger partial charge on any atom is 0.0891 e. The maximum absolute atomic E-state index is 10.8. The highest BCUT2D eigenvalue weighted by molar-refractivity contribution is 9.10. The van der Waals surface area contributed by atoms with Crippen LogP contribution in [0.5, 0.6) is 0 Å². The Morgan fingerprint density at radius 3 is 2.06 bits per heavy atom. The maximum atomic E-state index is 10.8. The Kier molecular flexibility index (Phi) is 6.42. The lowest BCUT2D eigenvalue weighted by molar-refractivity contribution is 0.122. The van der Waals surface area contributed by atoms with Gasteiger partial charge in [-0.25, -0.2) is 0 Å². The van der Waals surface area contributed by atoms with Crippen LogP contribution in [0.3, 0.4) is 0 Å². The van der Waals surface area contributed by atoms with Gasteiger partial charge >= 0.3 is 0 Å². The minimum atomic E-state index is -0.528. The van der Waals surface area contributed by atoms with E-state index in [1.807, 2.05) is 12.1 Å². The summed E-state index contributed by atoms with van der Waals surface area (Å²) >= 11 is 7.18. The second kappa shape index (κ2) is 9.43. The fourth-order valence-corrected chi connectivity index (χ4v) is 5.09. The average Bonchev–Trinajstić information content (AvgIpc) is 3.10. The van der Waals surface area contributed by atoms with Gasteiger partial charge in [-0.2, -0.15) is 0 Å². The lowest BCUT2D eigenvalue weighted by atomic mass is 10.2. The Morgan fingerprint density at radius 2 is 1.47 bits per heavy atom. The van der Waals surface area contributed by atoms with Crippen LogP contribution in [0.15, 0.2) is 69.6 Å². The van der Waals surface area contributed by atoms with Crippen LogP contribution in [0.1, 0.15) is 0 Å². The molecule has 1 aromatic heterocycles. The zero-order valence-corrected chi connectivity index (χ0v) is 20.8. The second-order valence-electron chi connectivity index (χ2n) is 8.11. The Morgan fingerprint density at radius 1 is 0.875 bits per heavy atom. The van der Waals surface area contributed by atoms with Gasteiger partial charge in [-0.05, 0) is 60.7 Å². The standard InChI is InChI=1S/C25H25Br2N3O2/c26-17-1-7-24-22(13-17)23-14-18(27)2-8-25(23)30(24)16-21(31)15-28-19-3-5-20(6-4-19)29-9-11-32-12-10-29/h1-8,13-14,21,28,31H,9-12,15-16H2. The Balaban J connectivity index is 1.30. The number of morpholine rings is 1. The molecule has 1 aliphatic rings. The highest BCUT2D eigenvalue weighted by Crippen LogP contribution is 2.33. The van der Waals surface area contributed by atoms with Gasteiger partial charge in [-0.15, -0.1) is 0 Å². The number of nitrogens with zero attached hydrogens (tertiary/aromatic N) is 2. The molecule has 0 radical (unpaired) electrons. The van der Waals surface area contributed by atoms with Gasteiger partial charge in [0.05, 0.1) is 25.9 Å². The number of rotatable bonds is 6. The molecule has 0 bridgehead atoms. The monoisotopic (exact) mass is 557 g/mol. The predicted octanol–water partition coefficient (Wildman–Crippen LogP) is 5.63. The van der Waals surface area contributed by atoms with Crippen LogP contribution in [-0.4, -0.2) is 48.6 Å². The van der Waals surface area contributed by atoms with E-state index in [2.05, 4.69) is 95.2 Å². The first-order chi connectivity index (χ1) is 15.6. The third-order valence-electron chi connectivity index (χ3n) is 5.97. The molecule has 0 amide bonds. The van der Waals surface area contributed by atoms with Crippen LogP contribution in [0.2, 0.25) is 0 Å². The van der Waals surface area contributed by atoms with E-state index in [1.165, 1.54) is 16.5 Å². The number of ether oxygens (including phenoxy) is 1. The van der Waals surface area contributed by atoms with E-state index in [4.69, 9.17) is 4.74 Å². The van der Waals surface area contributed by atoms with Gasteiger partial charge in [0, 0.05) is 61.8 Å². The minimum Gasteiger partial charge on any atom is -0.389 e. The number of aromatic nitrogens is 1. The summed E-state index contributed by atoms with van der Waals surface area (Å²) in [7, 11) is 0. The number of benzene rings is 3. The molecule has 5 nitrogen and oxygen atoms in total. The highest BCUT2D eigenvalue weighted by Gasteiger charge is 2.15. The number of nitrogens with one attached hydrogen (secondary N) is 1. The molecule has 1 fully saturated rings. The third kappa shape index (κ3) is 4.53. The first-order valence-corrected chi connectivity index (χ1v) is 12.4. The summed E-state index contributed by atoms with van der Waals surface area (Å²) in [5.41, 5.74) is 4.46. The molecule has 1 atom stereocenters. The number of hydrogen-bond donors (Lipinski definition) is 2. The predicted molar refractivity (Wildman–Crippen MR) is 139 cm³/mol. The first-order valence-electron chi connectivity index (χ1n) is 10.8. The van der Waals surface area contributed by atoms with Gasteiger partial charge in [0.2, 0.25) is 0 Å². The minimum absolute atomic E-state index is 0.477. The van der Waals surface area contributed by atoms with E-state index >= 15 is 0 Å². The normalized spacial score (nSPS) is 15.4. The van der Waals surface area contributed by atoms with Crippen molar-refractivity contribution >= 4 is 65.0 Å². The molecule has 3 aromatic carbocycles. The summed E-state index contributed by atoms with van der Waals surface area (Å²) in [5.74, 6) is 0. The van der Waals surface area contributed by atoms with Gasteiger partial charge < -0.3 is 24.6 Å². The van der Waals surface area contributed by atoms with Gasteiger partial charge in [-0.1, -0.05) is 31.9 Å². The number of fused-ring (bicyclic) bond motifs is 3. The van der Waals surface area contributed by atoms with Crippen LogP contribution in [0.4, 0.5) is 11.4 Å². The van der Waals surface area contributed by atoms with Crippen LogP contribution < -0.4 is 10.2 Å². The molecular formula is C25H25Br2N3O2. The quantitative estimate of drug-likeness (QED) is 0.322. The average molecular weight is 559 g/mol. The van der Waals surface area contributed by atoms with Crippen molar-refractivity contribution in [1.29, 1.82) is 0 Å². The smallest absolute Gasteiger partial charge is 0.0891 e. The second-order valence-corrected chi connectivity index (χ2v) is 9.95. The number of aliphatic hydroxyl groups is 1. The summed E-state index contributed by atoms with van der Waals surface area (Å²) < 4.78 is 9.73. The number of aliphatic hydroxyl groups excluding tert-OH is 1. The zero-order chi connectivity index (χ0) is 22.1. The molecule has 1 unspecified atom stereocenters. The molecule has 0 spiro atoms. The third-order valence-corrected chi connectivity index (χ3v) is 6.95. The zero-order valence-electron chi connectivity index (χ0n) is 17.6. The van der Waals surface area contributed by atoms with E-state index in [0.29, 0.717) is 13.1 Å². The lowest BCUT2D eigenvalue weighted by Crippen LogP contribution is -2.36. The van der Waals surface area contributed by atoms with Crippen molar-refractivity contribution in [3.8, 4) is 0 Å². The molecular weight excluding hydrogens is 534 g/mol. The SMILES string of the molecule is OC(CNc1ccc(N2CCOCC2)cc1)Cn1c2ccc(Br)cc2c2cc(Br)ccc21. The molecule has 166 valence electrons. The van der Waals surface area contributed by atoms with Gasteiger partial charge in [0.25, 0.3) is 0 Å². The van der Waals surface area contributed by atoms with Crippen molar-refractivity contribution < 1.29 is 9.84 Å². The van der Waals surface area contributed by atoms with E-state index in [-0.39, 0.29) is 0 Å². The van der Waals surface area contributed by atoms with Gasteiger partial charge in [-0.3, -0.25) is 0 Å². The van der Waals surface area contributed by atoms with E-state index < -0.39 is 6.10 Å². The van der Waals surface area contributed by atoms with E-state index in [0.717, 1.165) is 52.0 Å². The van der Waals surface area contributed by atoms with Crippen molar-refractivity contribution in [2.45, 2.75) is 12.6 Å². The van der Waals surface area contributed by atoms with Crippen LogP contribution in [0, 0.1) is 0 Å². The summed E-state index contributed by atoms with van der Waals surface area (Å²) in [6.07, 6.45) is -0.528. The summed E-state index contributed by atoms with van der Waals surface area (Å²) in [5, 5.41) is 16.6. The fraction of sp³-hybridized carbons (Fsp3) is 0.280. The lowest BCUT2D eigenvalue weighted by Gasteiger charge is -2.29. The molecule has 0 saturated carbocycles. The molecule has 2 N–H and O–H groups in total. The van der Waals surface area contributed by atoms with Crippen LogP contribution >= 0.6 is 31.9 Å². The summed E-state index contributed by atoms with van der Waals surface area (Å²) in [4.78, 5) is 2.33. The van der Waals surface area contributed by atoms with E-state index in [9.17, 15) is 5.11 Å². The van der Waals surface area contributed by atoms with Gasteiger partial charge in [0.15, 0.2) is 0 Å². The molecule has 4 aromatic rings. The Bertz CT molecular complexity index is 1170. The number of hydrogen-bond acceptors (Lipinski definition) is 4. The molecule has 1 saturated heterocycles. The molecule has 32 heavy (non-hydrogen) atoms. The fourth-order valence-electron chi connectivity index (χ4n) is 4.37. The topological polar surface area (TPSA) is 49.7 Å². The van der Waals surface area contributed by atoms with Crippen molar-refractivity contribution in [3.63, 3.8) is 0 Å². The Hall–Kier alpha value is -2.06. The van der Waals surface area contributed by atoms with E-state index in [1.54, 1.807) is 0 Å². The highest BCUT2D eigenvalue weighted by atomic mass is 79.9. The number of anilines is 2. The first kappa shape index (κ1) is 21.8. The van der Waals surface area contributed by atoms with Crippen molar-refractivity contribution in [2.24, 2.45) is 0 Å². The van der Waals surface area contributed by atoms with Crippen molar-refractivity contribution in [2.75, 3.05) is 43.1 Å². The number of halogens is 2. The van der Waals surface area contributed by atoms with Crippen LogP contribution in [-0.2, 0) is 11.3 Å². The van der Waals surface area contributed by atoms with Crippen molar-refractivity contribution in [3.05, 3.63) is 69.6 Å². The molecule has 0 aliphatic carbocycles. The molecule has 7 heteroatoms. The summed E-state index contributed by atoms with van der Waals surface area (Å²) in [6.45, 7) is 4.41. The molecule has 2 heterocycles. The summed E-state index contributed by atoms with van der Waals surface area (Å²) in [6, 6.07) is 21.0.